The average molecular weight is 760 g/mol. The fourth-order valence-corrected chi connectivity index (χ4v) is 7.94. The van der Waals surface area contributed by atoms with Crippen molar-refractivity contribution in [3.63, 3.8) is 0 Å². The van der Waals surface area contributed by atoms with Gasteiger partial charge in [0.05, 0.1) is 42.0 Å². The smallest absolute Gasteiger partial charge is 0.243 e. The average Bonchev–Trinajstić information content (AvgIpc) is 3.70. The molecule has 2 aromatic carbocycles. The lowest BCUT2D eigenvalue weighted by Crippen LogP contribution is -2.48. The number of nitrogens with zero attached hydrogens (tertiary/aromatic N) is 5. The van der Waals surface area contributed by atoms with E-state index in [1.54, 1.807) is 23.0 Å². The molecule has 1 amide bonds. The van der Waals surface area contributed by atoms with Gasteiger partial charge >= 0.3 is 0 Å². The number of likely N-dealkylation sites (N-methyl/N-ethyl adjacent to an activating group) is 1. The summed E-state index contributed by atoms with van der Waals surface area (Å²) in [5.74, 6) is -2.60. The number of likely N-dealkylation sites (tertiary alicyclic amines) is 1. The van der Waals surface area contributed by atoms with Gasteiger partial charge in [-0.25, -0.2) is 8.78 Å². The number of hydrogen-bond acceptors (Lipinski definition) is 7. The molecular weight excluding hydrogens is 709 g/mol. The third kappa shape index (κ3) is 8.98. The van der Waals surface area contributed by atoms with Crippen LogP contribution < -0.4 is 5.32 Å². The molecule has 0 bridgehead atoms. The molecule has 282 valence electrons. The van der Waals surface area contributed by atoms with E-state index in [9.17, 15) is 15.2 Å². The predicted molar refractivity (Wildman–Crippen MR) is 199 cm³/mol. The summed E-state index contributed by atoms with van der Waals surface area (Å²) < 4.78 is 40.2. The Balaban J connectivity index is 1.58. The first kappa shape index (κ1) is 40.1. The first-order valence-electron chi connectivity index (χ1n) is 17.7. The number of ether oxygens (including phenoxy) is 1. The zero-order valence-corrected chi connectivity index (χ0v) is 32.5. The van der Waals surface area contributed by atoms with Gasteiger partial charge in [-0.3, -0.25) is 14.4 Å². The maximum atomic E-state index is 16.3. The minimum Gasteiger partial charge on any atom is -0.389 e. The van der Waals surface area contributed by atoms with Crippen LogP contribution in [0.3, 0.4) is 0 Å². The summed E-state index contributed by atoms with van der Waals surface area (Å²) in [7, 11) is 3.75. The predicted octanol–water partition coefficient (Wildman–Crippen LogP) is 7.27. The summed E-state index contributed by atoms with van der Waals surface area (Å²) in [5.41, 5.74) is -2.67. The Kier molecular flexibility index (Phi) is 12.1. The highest BCUT2D eigenvalue weighted by atomic mass is 35.5. The third-order valence-corrected chi connectivity index (χ3v) is 10.4. The number of nitrogens with one attached hydrogen (secondary N) is 1. The Morgan fingerprint density at radius 2 is 1.88 bits per heavy atom. The zero-order chi connectivity index (χ0) is 38.2. The Labute approximate surface area is 315 Å². The molecule has 1 saturated carbocycles. The number of amides is 1. The lowest BCUT2D eigenvalue weighted by Gasteiger charge is -2.39. The number of anilines is 1. The van der Waals surface area contributed by atoms with E-state index in [0.717, 1.165) is 18.9 Å². The largest absolute Gasteiger partial charge is 0.389 e. The molecule has 9 nitrogen and oxygen atoms in total. The van der Waals surface area contributed by atoms with Gasteiger partial charge in [-0.1, -0.05) is 62.2 Å². The van der Waals surface area contributed by atoms with Crippen molar-refractivity contribution in [3.8, 4) is 6.07 Å². The Hall–Kier alpha value is -3.11. The van der Waals surface area contributed by atoms with Gasteiger partial charge in [-0.15, -0.1) is 0 Å². The van der Waals surface area contributed by atoms with Crippen LogP contribution in [0.5, 0.6) is 0 Å². The molecule has 5 rings (SSSR count). The van der Waals surface area contributed by atoms with E-state index < -0.39 is 52.7 Å². The summed E-state index contributed by atoms with van der Waals surface area (Å²) in [6, 6.07) is 11.1. The van der Waals surface area contributed by atoms with Gasteiger partial charge < -0.3 is 20.1 Å². The third-order valence-electron chi connectivity index (χ3n) is 9.89. The molecule has 2 N–H and O–H groups in total. The zero-order valence-electron chi connectivity index (χ0n) is 31.0. The molecule has 1 aromatic heterocycles. The molecule has 1 aliphatic carbocycles. The molecule has 4 unspecified atom stereocenters. The lowest BCUT2D eigenvalue weighted by molar-refractivity contribution is -0.121. The minimum atomic E-state index is -1.72. The molecule has 1 aliphatic heterocycles. The number of carbonyl (C=O) groups is 1. The molecule has 2 fully saturated rings. The first-order chi connectivity index (χ1) is 24.3. The fourth-order valence-electron chi connectivity index (χ4n) is 7.60. The van der Waals surface area contributed by atoms with Crippen LogP contribution in [-0.4, -0.2) is 88.2 Å². The molecule has 52 heavy (non-hydrogen) atoms. The topological polar surface area (TPSA) is 107 Å². The number of aliphatic hydroxyl groups is 1. The maximum Gasteiger partial charge on any atom is 0.243 e. The second-order valence-electron chi connectivity index (χ2n) is 16.5. The van der Waals surface area contributed by atoms with E-state index in [0.29, 0.717) is 26.1 Å². The summed E-state index contributed by atoms with van der Waals surface area (Å²) in [6.07, 6.45) is 3.37. The number of aliphatic hydroxyl groups excluding tert-OH is 1. The summed E-state index contributed by atoms with van der Waals surface area (Å²) in [4.78, 5) is 18.7. The molecule has 5 atom stereocenters. The number of nitriles is 1. The van der Waals surface area contributed by atoms with E-state index in [4.69, 9.17) is 27.9 Å². The molecule has 2 aliphatic rings. The summed E-state index contributed by atoms with van der Waals surface area (Å²) in [5, 5.41) is 29.3. The van der Waals surface area contributed by atoms with E-state index in [2.05, 4.69) is 16.5 Å². The van der Waals surface area contributed by atoms with Crippen LogP contribution in [0.2, 0.25) is 10.0 Å². The number of aromatic nitrogens is 2. The highest BCUT2D eigenvalue weighted by Gasteiger charge is 2.65. The van der Waals surface area contributed by atoms with Crippen molar-refractivity contribution in [1.29, 1.82) is 5.26 Å². The van der Waals surface area contributed by atoms with Crippen LogP contribution in [0.4, 0.5) is 14.6 Å². The van der Waals surface area contributed by atoms with E-state index in [1.165, 1.54) is 24.3 Å². The van der Waals surface area contributed by atoms with Gasteiger partial charge in [-0.05, 0) is 82.3 Å². The van der Waals surface area contributed by atoms with Crippen molar-refractivity contribution < 1.29 is 23.4 Å². The highest BCUT2D eigenvalue weighted by molar-refractivity contribution is 6.31. The second kappa shape index (κ2) is 15.7. The van der Waals surface area contributed by atoms with Crippen molar-refractivity contribution in [2.75, 3.05) is 39.1 Å². The molecule has 13 heteroatoms. The standard InChI is InChI=1S/C39H50Cl2F2N6O3/c1-37(2,3)18-31-39(22-44,28-14-13-25(40)17-30(28)42)33(27-9-8-10-29(41)34(27)43)35(49(31)19-24-11-12-24)36(51)45-32-15-16-48(46-32)23-38(4,5)52-21-26(50)20-47(6)7/h8-10,13-17,24,26,31,33,35,50H,11-12,18-21,23H2,1-7H3,(H,45,46,51)/t26-,31?,33?,35?,39?/m1/s1. The molecule has 1 saturated heterocycles. The summed E-state index contributed by atoms with van der Waals surface area (Å²) >= 11 is 12.6. The summed E-state index contributed by atoms with van der Waals surface area (Å²) in [6.45, 7) is 11.3. The van der Waals surface area contributed by atoms with Gasteiger partial charge in [0.15, 0.2) is 5.82 Å². The molecule has 0 spiro atoms. The Morgan fingerprint density at radius 1 is 1.17 bits per heavy atom. The van der Waals surface area contributed by atoms with Gasteiger partial charge in [0.1, 0.15) is 17.0 Å². The van der Waals surface area contributed by atoms with Crippen molar-refractivity contribution in [2.45, 2.75) is 95.5 Å². The second-order valence-corrected chi connectivity index (χ2v) is 17.3. The van der Waals surface area contributed by atoms with E-state index in [1.807, 2.05) is 58.5 Å². The Bertz CT molecular complexity index is 1790. The van der Waals surface area contributed by atoms with Crippen LogP contribution >= 0.6 is 23.2 Å². The van der Waals surface area contributed by atoms with Gasteiger partial charge in [0, 0.05) is 47.9 Å². The number of halogens is 4. The Morgan fingerprint density at radius 3 is 2.50 bits per heavy atom. The van der Waals surface area contributed by atoms with Gasteiger partial charge in [-0.2, -0.15) is 10.4 Å². The minimum absolute atomic E-state index is 0.0522. The molecule has 3 aromatic rings. The lowest BCUT2D eigenvalue weighted by atomic mass is 9.62. The number of carbonyl (C=O) groups excluding carboxylic acids is 1. The van der Waals surface area contributed by atoms with Gasteiger partial charge in [0.2, 0.25) is 5.91 Å². The number of rotatable bonds is 14. The van der Waals surface area contributed by atoms with E-state index in [-0.39, 0.29) is 44.9 Å². The highest BCUT2D eigenvalue weighted by Crippen LogP contribution is 2.57. The quantitative estimate of drug-likeness (QED) is 0.178. The fraction of sp³-hybridized carbons (Fsp3) is 0.564. The molecule has 0 radical (unpaired) electrons. The van der Waals surface area contributed by atoms with Crippen LogP contribution in [-0.2, 0) is 21.5 Å². The van der Waals surface area contributed by atoms with Crippen molar-refractivity contribution in [2.24, 2.45) is 11.3 Å². The van der Waals surface area contributed by atoms with Gasteiger partial charge in [0.25, 0.3) is 0 Å². The number of benzene rings is 2. The van der Waals surface area contributed by atoms with Crippen LogP contribution in [0, 0.1) is 34.3 Å². The SMILES string of the molecule is CN(C)C[C@@H](O)COC(C)(C)Cn1ccc(NC(=O)C2C(c3cccc(Cl)c3F)C(C#N)(c3ccc(Cl)cc3F)C(CC(C)(C)C)N2CC2CC2)n1. The molecular formula is C39H50Cl2F2N6O3. The first-order valence-corrected chi connectivity index (χ1v) is 18.5. The van der Waals surface area contributed by atoms with Crippen LogP contribution in [0.15, 0.2) is 48.7 Å². The van der Waals surface area contributed by atoms with Crippen molar-refractivity contribution in [3.05, 3.63) is 81.5 Å². The number of hydrogen-bond donors (Lipinski definition) is 2. The normalized spacial score (nSPS) is 23.2. The molecule has 2 heterocycles. The van der Waals surface area contributed by atoms with Crippen molar-refractivity contribution >= 4 is 34.9 Å². The van der Waals surface area contributed by atoms with E-state index >= 15 is 8.78 Å². The monoisotopic (exact) mass is 758 g/mol. The van der Waals surface area contributed by atoms with Crippen LogP contribution in [0.25, 0.3) is 0 Å². The van der Waals surface area contributed by atoms with Crippen LogP contribution in [0.1, 0.15) is 70.9 Å². The van der Waals surface area contributed by atoms with Crippen molar-refractivity contribution in [1.82, 2.24) is 19.6 Å². The maximum absolute atomic E-state index is 16.3.